The van der Waals surface area contributed by atoms with E-state index >= 15 is 0 Å². The van der Waals surface area contributed by atoms with Crippen molar-refractivity contribution in [2.75, 3.05) is 0 Å². The summed E-state index contributed by atoms with van der Waals surface area (Å²) in [5.41, 5.74) is 0.0678. The van der Waals surface area contributed by atoms with E-state index in [1.54, 1.807) is 12.1 Å². The van der Waals surface area contributed by atoms with Crippen LogP contribution < -0.4 is 10.4 Å². The van der Waals surface area contributed by atoms with Crippen molar-refractivity contribution < 1.29 is 28.2 Å². The lowest BCUT2D eigenvalue weighted by Gasteiger charge is -2.06. The second kappa shape index (κ2) is 7.93. The summed E-state index contributed by atoms with van der Waals surface area (Å²) in [6.07, 6.45) is 0. The molecule has 4 rings (SSSR count). The molecule has 0 bridgehead atoms. The first kappa shape index (κ1) is 18.4. The third kappa shape index (κ3) is 4.30. The number of carbonyl (C=O) groups excluding carboxylic acids is 1. The van der Waals surface area contributed by atoms with Gasteiger partial charge in [0.25, 0.3) is 0 Å². The lowest BCUT2D eigenvalue weighted by atomic mass is 10.1. The maximum atomic E-state index is 12.3. The van der Waals surface area contributed by atoms with Gasteiger partial charge in [0.15, 0.2) is 0 Å². The van der Waals surface area contributed by atoms with Crippen molar-refractivity contribution in [2.45, 2.75) is 13.2 Å². The highest BCUT2D eigenvalue weighted by Crippen LogP contribution is 2.23. The van der Waals surface area contributed by atoms with E-state index in [-0.39, 0.29) is 30.3 Å². The first-order valence-electron chi connectivity index (χ1n) is 8.78. The number of hydrogen-bond acceptors (Lipinski definition) is 7. The maximum absolute atomic E-state index is 12.3. The van der Waals surface area contributed by atoms with Crippen molar-refractivity contribution in [3.8, 4) is 11.5 Å². The molecule has 0 spiro atoms. The lowest BCUT2D eigenvalue weighted by Crippen LogP contribution is -2.07. The topological polar surface area (TPSA) is 99.1 Å². The van der Waals surface area contributed by atoms with Gasteiger partial charge in [0.05, 0.1) is 0 Å². The SMILES string of the molecule is O=C(OCc1cc(=O)oc2cc(O)ccc12)c1ccc(COc2ccccc2)o1. The second-order valence-corrected chi connectivity index (χ2v) is 6.21. The summed E-state index contributed by atoms with van der Waals surface area (Å²) >= 11 is 0. The van der Waals surface area contributed by atoms with Gasteiger partial charge < -0.3 is 23.4 Å². The van der Waals surface area contributed by atoms with E-state index in [2.05, 4.69) is 0 Å². The van der Waals surface area contributed by atoms with Gasteiger partial charge in [-0.3, -0.25) is 0 Å². The molecule has 0 aliphatic rings. The molecule has 0 saturated heterocycles. The molecule has 146 valence electrons. The predicted octanol–water partition coefficient (Wildman–Crippen LogP) is 4.03. The molecule has 0 saturated carbocycles. The van der Waals surface area contributed by atoms with Crippen LogP contribution in [-0.4, -0.2) is 11.1 Å². The molecule has 0 aliphatic carbocycles. The van der Waals surface area contributed by atoms with Crippen molar-refractivity contribution >= 4 is 16.9 Å². The molecular formula is C22H16O7. The van der Waals surface area contributed by atoms with Gasteiger partial charge in [0.1, 0.15) is 36.1 Å². The van der Waals surface area contributed by atoms with Crippen LogP contribution >= 0.6 is 0 Å². The Balaban J connectivity index is 1.42. The highest BCUT2D eigenvalue weighted by Gasteiger charge is 2.15. The van der Waals surface area contributed by atoms with Gasteiger partial charge in [-0.2, -0.15) is 0 Å². The van der Waals surface area contributed by atoms with Crippen molar-refractivity contribution in [2.24, 2.45) is 0 Å². The van der Waals surface area contributed by atoms with Crippen molar-refractivity contribution in [3.05, 3.63) is 94.2 Å². The predicted molar refractivity (Wildman–Crippen MR) is 103 cm³/mol. The quantitative estimate of drug-likeness (QED) is 0.391. The molecule has 2 aromatic heterocycles. The van der Waals surface area contributed by atoms with E-state index in [1.807, 2.05) is 30.3 Å². The smallest absolute Gasteiger partial charge is 0.374 e. The average molecular weight is 392 g/mol. The van der Waals surface area contributed by atoms with E-state index in [9.17, 15) is 14.7 Å². The van der Waals surface area contributed by atoms with E-state index in [0.29, 0.717) is 22.5 Å². The summed E-state index contributed by atoms with van der Waals surface area (Å²) in [6, 6.07) is 18.0. The maximum Gasteiger partial charge on any atom is 0.374 e. The number of para-hydroxylation sites is 1. The number of benzene rings is 2. The molecule has 29 heavy (non-hydrogen) atoms. The Bertz CT molecular complexity index is 1200. The van der Waals surface area contributed by atoms with Gasteiger partial charge in [-0.1, -0.05) is 18.2 Å². The minimum Gasteiger partial charge on any atom is -0.508 e. The van der Waals surface area contributed by atoms with Crippen molar-refractivity contribution in [1.82, 2.24) is 0 Å². The first-order chi connectivity index (χ1) is 14.1. The molecule has 0 atom stereocenters. The first-order valence-corrected chi connectivity index (χ1v) is 8.78. The number of rotatable bonds is 6. The number of ether oxygens (including phenoxy) is 2. The number of phenolic OH excluding ortho intramolecular Hbond substituents is 1. The largest absolute Gasteiger partial charge is 0.508 e. The second-order valence-electron chi connectivity index (χ2n) is 6.21. The number of fused-ring (bicyclic) bond motifs is 1. The van der Waals surface area contributed by atoms with Gasteiger partial charge in [-0.15, -0.1) is 0 Å². The van der Waals surface area contributed by atoms with Crippen LogP contribution in [0.4, 0.5) is 0 Å². The molecule has 0 unspecified atom stereocenters. The standard InChI is InChI=1S/C22H16O7/c23-15-6-8-18-14(10-21(24)29-20(18)11-15)12-27-22(25)19-9-7-17(28-19)13-26-16-4-2-1-3-5-16/h1-11,23H,12-13H2. The minimum absolute atomic E-state index is 0.0292. The molecule has 7 heteroatoms. The van der Waals surface area contributed by atoms with Crippen LogP contribution in [0.1, 0.15) is 21.9 Å². The Morgan fingerprint density at radius 3 is 2.59 bits per heavy atom. The number of hydrogen-bond donors (Lipinski definition) is 1. The summed E-state index contributed by atoms with van der Waals surface area (Å²) in [6.45, 7) is 0.0212. The summed E-state index contributed by atoms with van der Waals surface area (Å²) in [5.74, 6) is 0.490. The molecule has 2 heterocycles. The Kier molecular flexibility index (Phi) is 5.03. The highest BCUT2D eigenvalue weighted by molar-refractivity contribution is 5.87. The zero-order chi connectivity index (χ0) is 20.2. The van der Waals surface area contributed by atoms with E-state index in [4.69, 9.17) is 18.3 Å². The summed E-state index contributed by atoms with van der Waals surface area (Å²) in [4.78, 5) is 24.0. The monoisotopic (exact) mass is 392 g/mol. The number of phenols is 1. The van der Waals surface area contributed by atoms with Crippen LogP contribution in [0.5, 0.6) is 11.5 Å². The molecule has 7 nitrogen and oxygen atoms in total. The van der Waals surface area contributed by atoms with Crippen molar-refractivity contribution in [3.63, 3.8) is 0 Å². The third-order valence-corrected chi connectivity index (χ3v) is 4.16. The van der Waals surface area contributed by atoms with Gasteiger partial charge in [-0.25, -0.2) is 9.59 Å². The average Bonchev–Trinajstić information content (AvgIpc) is 3.20. The van der Waals surface area contributed by atoms with Gasteiger partial charge in [0, 0.05) is 23.1 Å². The Morgan fingerprint density at radius 1 is 0.931 bits per heavy atom. The lowest BCUT2D eigenvalue weighted by molar-refractivity contribution is 0.0433. The fourth-order valence-corrected chi connectivity index (χ4v) is 2.79. The fraction of sp³-hybridized carbons (Fsp3) is 0.0909. The zero-order valence-corrected chi connectivity index (χ0v) is 15.2. The van der Waals surface area contributed by atoms with Gasteiger partial charge in [0.2, 0.25) is 5.76 Å². The van der Waals surface area contributed by atoms with Crippen LogP contribution in [0.25, 0.3) is 11.0 Å². The third-order valence-electron chi connectivity index (χ3n) is 4.16. The number of aromatic hydroxyl groups is 1. The Labute approximate surface area is 164 Å². The van der Waals surface area contributed by atoms with Crippen LogP contribution in [-0.2, 0) is 18.0 Å². The molecule has 2 aromatic carbocycles. The fourth-order valence-electron chi connectivity index (χ4n) is 2.79. The van der Waals surface area contributed by atoms with Crippen molar-refractivity contribution in [1.29, 1.82) is 0 Å². The molecule has 4 aromatic rings. The molecule has 0 fully saturated rings. The Morgan fingerprint density at radius 2 is 1.76 bits per heavy atom. The van der Waals surface area contributed by atoms with Gasteiger partial charge in [-0.05, 0) is 36.4 Å². The molecule has 0 amide bonds. The summed E-state index contributed by atoms with van der Waals surface area (Å²) in [5, 5.41) is 10.1. The molecule has 1 N–H and O–H groups in total. The van der Waals surface area contributed by atoms with Crippen LogP contribution in [0, 0.1) is 0 Å². The van der Waals surface area contributed by atoms with Crippen LogP contribution in [0.2, 0.25) is 0 Å². The molecule has 0 radical (unpaired) electrons. The number of carbonyl (C=O) groups is 1. The Hall–Kier alpha value is -4.00. The summed E-state index contributed by atoms with van der Waals surface area (Å²) < 4.78 is 21.4. The van der Waals surface area contributed by atoms with E-state index in [1.165, 1.54) is 24.3 Å². The highest BCUT2D eigenvalue weighted by atomic mass is 16.5. The normalized spacial score (nSPS) is 10.8. The summed E-state index contributed by atoms with van der Waals surface area (Å²) in [7, 11) is 0. The molecule has 0 aliphatic heterocycles. The molecular weight excluding hydrogens is 376 g/mol. The van der Waals surface area contributed by atoms with E-state index < -0.39 is 11.6 Å². The van der Waals surface area contributed by atoms with Crippen LogP contribution in [0.15, 0.2) is 80.4 Å². The zero-order valence-electron chi connectivity index (χ0n) is 15.2. The van der Waals surface area contributed by atoms with E-state index in [0.717, 1.165) is 0 Å². The number of furan rings is 1. The number of esters is 1. The minimum atomic E-state index is -0.670. The van der Waals surface area contributed by atoms with Crippen LogP contribution in [0.3, 0.4) is 0 Å². The van der Waals surface area contributed by atoms with Gasteiger partial charge >= 0.3 is 11.6 Å².